The molecule has 124 valence electrons. The maximum atomic E-state index is 12.1. The molecule has 0 aliphatic rings. The Morgan fingerprint density at radius 3 is 2.87 bits per heavy atom. The smallest absolute Gasteiger partial charge is 0.269 e. The highest BCUT2D eigenvalue weighted by atomic mass is 32.2. The highest BCUT2D eigenvalue weighted by molar-refractivity contribution is 7.91. The number of amides is 1. The van der Waals surface area contributed by atoms with Gasteiger partial charge in [0.1, 0.15) is 11.5 Å². The van der Waals surface area contributed by atoms with Gasteiger partial charge < -0.3 is 14.3 Å². The average Bonchev–Trinajstić information content (AvgIpc) is 2.86. The first-order valence-electron chi connectivity index (χ1n) is 7.64. The molecule has 6 heteroatoms. The SMILES string of the molecule is CCCNC(=O)C[S+]([O-])Cc1nc(-c2cccc(C)c2)oc1C. The monoisotopic (exact) mass is 334 g/mol. The number of nitrogens with zero attached hydrogens (tertiary/aromatic N) is 1. The van der Waals surface area contributed by atoms with Crippen molar-refractivity contribution in [2.45, 2.75) is 32.9 Å². The van der Waals surface area contributed by atoms with E-state index in [1.165, 1.54) is 0 Å². The summed E-state index contributed by atoms with van der Waals surface area (Å²) in [5, 5.41) is 2.73. The van der Waals surface area contributed by atoms with Crippen molar-refractivity contribution in [3.05, 3.63) is 41.3 Å². The summed E-state index contributed by atoms with van der Waals surface area (Å²) in [7, 11) is 0. The molecule has 5 nitrogen and oxygen atoms in total. The zero-order valence-electron chi connectivity index (χ0n) is 13.7. The van der Waals surface area contributed by atoms with Crippen LogP contribution in [0.4, 0.5) is 0 Å². The molecule has 0 bridgehead atoms. The molecular weight excluding hydrogens is 312 g/mol. The third-order valence-electron chi connectivity index (χ3n) is 3.32. The maximum absolute atomic E-state index is 12.1. The Bertz CT molecular complexity index is 670. The molecule has 1 amide bonds. The minimum atomic E-state index is -1.30. The van der Waals surface area contributed by atoms with Gasteiger partial charge >= 0.3 is 0 Å². The summed E-state index contributed by atoms with van der Waals surface area (Å²) in [6.45, 7) is 6.39. The number of carbonyl (C=O) groups is 1. The lowest BCUT2D eigenvalue weighted by atomic mass is 10.1. The first kappa shape index (κ1) is 17.6. The molecule has 1 N–H and O–H groups in total. The Balaban J connectivity index is 2.02. The van der Waals surface area contributed by atoms with E-state index in [1.54, 1.807) is 6.92 Å². The number of benzene rings is 1. The van der Waals surface area contributed by atoms with Crippen LogP contribution in [0.25, 0.3) is 11.5 Å². The van der Waals surface area contributed by atoms with Gasteiger partial charge in [-0.3, -0.25) is 4.79 Å². The summed E-state index contributed by atoms with van der Waals surface area (Å²) in [6.07, 6.45) is 0.862. The standard InChI is InChI=1S/C17H22N2O3S/c1-4-8-18-16(20)11-23(21)10-15-13(3)22-17(19-15)14-7-5-6-12(2)9-14/h5-7,9H,4,8,10-11H2,1-3H3,(H,18,20). The zero-order valence-corrected chi connectivity index (χ0v) is 14.5. The molecule has 2 rings (SSSR count). The van der Waals surface area contributed by atoms with Crippen molar-refractivity contribution in [2.75, 3.05) is 12.3 Å². The summed E-state index contributed by atoms with van der Waals surface area (Å²) in [6, 6.07) is 7.87. The second-order valence-electron chi connectivity index (χ2n) is 5.47. The van der Waals surface area contributed by atoms with Crippen LogP contribution in [0, 0.1) is 13.8 Å². The van der Waals surface area contributed by atoms with E-state index in [0.717, 1.165) is 17.5 Å². The van der Waals surface area contributed by atoms with Crippen molar-refractivity contribution >= 4 is 17.1 Å². The van der Waals surface area contributed by atoms with Crippen LogP contribution in [0.5, 0.6) is 0 Å². The lowest BCUT2D eigenvalue weighted by Gasteiger charge is -2.09. The van der Waals surface area contributed by atoms with Gasteiger partial charge in [0.05, 0.1) is 0 Å². The third-order valence-corrected chi connectivity index (χ3v) is 4.50. The van der Waals surface area contributed by atoms with Gasteiger partial charge in [0, 0.05) is 12.1 Å². The Morgan fingerprint density at radius 2 is 2.17 bits per heavy atom. The van der Waals surface area contributed by atoms with E-state index in [2.05, 4.69) is 10.3 Å². The van der Waals surface area contributed by atoms with Crippen LogP contribution in [0.15, 0.2) is 28.7 Å². The van der Waals surface area contributed by atoms with Gasteiger partial charge in [-0.15, -0.1) is 0 Å². The van der Waals surface area contributed by atoms with E-state index in [0.29, 0.717) is 23.9 Å². The second kappa shape index (κ2) is 8.17. The number of nitrogens with one attached hydrogen (secondary N) is 1. The molecule has 1 aromatic heterocycles. The number of hydrogen-bond donors (Lipinski definition) is 1. The summed E-state index contributed by atoms with van der Waals surface area (Å²) in [5.41, 5.74) is 2.66. The van der Waals surface area contributed by atoms with Gasteiger partial charge in [-0.2, -0.15) is 0 Å². The summed E-state index contributed by atoms with van der Waals surface area (Å²) in [4.78, 5) is 16.0. The van der Waals surface area contributed by atoms with Gasteiger partial charge in [-0.25, -0.2) is 4.98 Å². The third kappa shape index (κ3) is 5.11. The summed E-state index contributed by atoms with van der Waals surface area (Å²) in [5.74, 6) is 1.19. The average molecular weight is 334 g/mol. The van der Waals surface area contributed by atoms with Crippen molar-refractivity contribution < 1.29 is 13.8 Å². The number of aromatic nitrogens is 1. The normalized spacial score (nSPS) is 12.2. The quantitative estimate of drug-likeness (QED) is 0.790. The molecule has 0 fully saturated rings. The van der Waals surface area contributed by atoms with Crippen molar-refractivity contribution in [1.29, 1.82) is 0 Å². The molecular formula is C17H22N2O3S. The van der Waals surface area contributed by atoms with Gasteiger partial charge in [0.2, 0.25) is 5.89 Å². The van der Waals surface area contributed by atoms with Crippen LogP contribution in [0.2, 0.25) is 0 Å². The van der Waals surface area contributed by atoms with Crippen LogP contribution in [-0.4, -0.2) is 27.7 Å². The van der Waals surface area contributed by atoms with Crippen molar-refractivity contribution in [3.8, 4) is 11.5 Å². The largest absolute Gasteiger partial charge is 0.616 e. The van der Waals surface area contributed by atoms with E-state index in [4.69, 9.17) is 4.42 Å². The molecule has 1 atom stereocenters. The van der Waals surface area contributed by atoms with Gasteiger partial charge in [-0.05, 0) is 43.6 Å². The Hall–Kier alpha value is -1.79. The van der Waals surface area contributed by atoms with E-state index < -0.39 is 11.2 Å². The minimum absolute atomic E-state index is 0.00786. The number of hydrogen-bond acceptors (Lipinski definition) is 4. The molecule has 23 heavy (non-hydrogen) atoms. The van der Waals surface area contributed by atoms with E-state index in [1.807, 2.05) is 38.1 Å². The van der Waals surface area contributed by atoms with E-state index >= 15 is 0 Å². The summed E-state index contributed by atoms with van der Waals surface area (Å²) >= 11 is -1.30. The minimum Gasteiger partial charge on any atom is -0.616 e. The van der Waals surface area contributed by atoms with Gasteiger partial charge in [-0.1, -0.05) is 24.6 Å². The number of oxazole rings is 1. The fourth-order valence-electron chi connectivity index (χ4n) is 2.13. The van der Waals surface area contributed by atoms with Crippen molar-refractivity contribution in [2.24, 2.45) is 0 Å². The number of aryl methyl sites for hydroxylation is 2. The summed E-state index contributed by atoms with van der Waals surface area (Å²) < 4.78 is 17.8. The molecule has 0 aliphatic carbocycles. The molecule has 0 aliphatic heterocycles. The molecule has 0 saturated carbocycles. The molecule has 1 heterocycles. The number of carbonyl (C=O) groups excluding carboxylic acids is 1. The van der Waals surface area contributed by atoms with Crippen LogP contribution >= 0.6 is 0 Å². The van der Waals surface area contributed by atoms with Crippen LogP contribution in [0.1, 0.15) is 30.4 Å². The Kier molecular flexibility index (Phi) is 6.24. The maximum Gasteiger partial charge on any atom is 0.269 e. The molecule has 0 spiro atoms. The van der Waals surface area contributed by atoms with Crippen molar-refractivity contribution in [1.82, 2.24) is 10.3 Å². The van der Waals surface area contributed by atoms with Gasteiger partial charge in [0.15, 0.2) is 11.5 Å². The van der Waals surface area contributed by atoms with E-state index in [-0.39, 0.29) is 17.4 Å². The molecule has 0 saturated heterocycles. The van der Waals surface area contributed by atoms with Gasteiger partial charge in [0.25, 0.3) is 5.91 Å². The highest BCUT2D eigenvalue weighted by Crippen LogP contribution is 2.23. The zero-order chi connectivity index (χ0) is 16.8. The lowest BCUT2D eigenvalue weighted by Crippen LogP contribution is -2.31. The molecule has 1 unspecified atom stereocenters. The van der Waals surface area contributed by atoms with Crippen molar-refractivity contribution in [3.63, 3.8) is 0 Å². The Morgan fingerprint density at radius 1 is 1.39 bits per heavy atom. The molecule has 1 aromatic carbocycles. The topological polar surface area (TPSA) is 78.2 Å². The first-order valence-corrected chi connectivity index (χ1v) is 9.13. The first-order chi connectivity index (χ1) is 11.0. The fraction of sp³-hybridized carbons (Fsp3) is 0.412. The van der Waals surface area contributed by atoms with Crippen LogP contribution in [-0.2, 0) is 21.7 Å². The second-order valence-corrected chi connectivity index (χ2v) is 6.93. The molecule has 2 aromatic rings. The predicted octanol–water partition coefficient (Wildman–Crippen LogP) is 2.73. The lowest BCUT2D eigenvalue weighted by molar-refractivity contribution is -0.118. The fourth-order valence-corrected chi connectivity index (χ4v) is 3.20. The predicted molar refractivity (Wildman–Crippen MR) is 91.4 cm³/mol. The van der Waals surface area contributed by atoms with Crippen LogP contribution in [0.3, 0.4) is 0 Å². The highest BCUT2D eigenvalue weighted by Gasteiger charge is 2.19. The Labute approximate surface area is 139 Å². The molecule has 0 radical (unpaired) electrons. The van der Waals surface area contributed by atoms with Crippen LogP contribution < -0.4 is 5.32 Å². The van der Waals surface area contributed by atoms with E-state index in [9.17, 15) is 9.35 Å². The number of rotatable bonds is 7.